The molecule has 0 aliphatic carbocycles. The molecule has 0 atom stereocenters. The zero-order chi connectivity index (χ0) is 14.4. The van der Waals surface area contributed by atoms with Crippen LogP contribution in [0.5, 0.6) is 0 Å². The summed E-state index contributed by atoms with van der Waals surface area (Å²) in [5, 5.41) is 3.45. The smallest absolute Gasteiger partial charge is 0.399 e. The summed E-state index contributed by atoms with van der Waals surface area (Å²) in [6, 6.07) is 4.16. The van der Waals surface area contributed by atoms with Crippen molar-refractivity contribution in [3.05, 3.63) is 33.8 Å². The third kappa shape index (κ3) is 2.45. The lowest BCUT2D eigenvalue weighted by Gasteiger charge is -2.11. The number of nitrogens with zero attached hydrogens (tertiary/aromatic N) is 3. The second-order valence-electron chi connectivity index (χ2n) is 3.77. The van der Waals surface area contributed by atoms with Crippen LogP contribution in [0.3, 0.4) is 0 Å². The number of nitrogen functional groups attached to an aromatic ring is 1. The van der Waals surface area contributed by atoms with E-state index in [4.69, 9.17) is 29.6 Å². The van der Waals surface area contributed by atoms with Gasteiger partial charge in [-0.3, -0.25) is 4.57 Å². The number of alkyl halides is 3. The van der Waals surface area contributed by atoms with Crippen LogP contribution in [-0.4, -0.2) is 14.3 Å². The van der Waals surface area contributed by atoms with Crippen LogP contribution in [0, 0.1) is 4.77 Å². The highest BCUT2D eigenvalue weighted by Gasteiger charge is 2.38. The van der Waals surface area contributed by atoms with Gasteiger partial charge in [-0.2, -0.15) is 13.2 Å². The highest BCUT2D eigenvalue weighted by atomic mass is 35.5. The molecule has 0 aliphatic heterocycles. The minimum absolute atomic E-state index is 0.0644. The van der Waals surface area contributed by atoms with Gasteiger partial charge in [0.1, 0.15) is 0 Å². The minimum atomic E-state index is -4.64. The largest absolute Gasteiger partial charge is 0.452 e. The van der Waals surface area contributed by atoms with Crippen molar-refractivity contribution in [2.75, 3.05) is 5.73 Å². The summed E-state index contributed by atoms with van der Waals surface area (Å²) in [6.07, 6.45) is -4.64. The fourth-order valence-corrected chi connectivity index (χ4v) is 2.07. The van der Waals surface area contributed by atoms with Gasteiger partial charge in [-0.25, -0.2) is 4.68 Å². The Morgan fingerprint density at radius 2 is 2.00 bits per heavy atom. The molecule has 1 aromatic carbocycles. The first-order valence-corrected chi connectivity index (χ1v) is 5.79. The van der Waals surface area contributed by atoms with Crippen LogP contribution < -0.4 is 5.73 Å². The fraction of sp³-hybridized carbons (Fsp3) is 0.200. The number of hydrogen-bond donors (Lipinski definition) is 1. The Morgan fingerprint density at radius 3 is 2.53 bits per heavy atom. The van der Waals surface area contributed by atoms with Gasteiger partial charge in [-0.15, -0.1) is 5.10 Å². The number of halogens is 4. The number of benzene rings is 1. The van der Waals surface area contributed by atoms with Crippen molar-refractivity contribution in [3.63, 3.8) is 0 Å². The van der Waals surface area contributed by atoms with Gasteiger partial charge in [0, 0.05) is 12.7 Å². The lowest BCUT2D eigenvalue weighted by molar-refractivity contribution is -0.146. The Morgan fingerprint density at radius 1 is 1.37 bits per heavy atom. The van der Waals surface area contributed by atoms with E-state index in [9.17, 15) is 13.2 Å². The SMILES string of the molecule is Cn1nc(C(F)(F)F)n(-c2ccc(N)cc2Cl)c1=S. The van der Waals surface area contributed by atoms with E-state index >= 15 is 0 Å². The number of rotatable bonds is 1. The molecule has 0 saturated heterocycles. The molecule has 4 nitrogen and oxygen atoms in total. The number of hydrogen-bond acceptors (Lipinski definition) is 3. The van der Waals surface area contributed by atoms with Crippen molar-refractivity contribution in [1.29, 1.82) is 0 Å². The molecule has 0 bridgehead atoms. The van der Waals surface area contributed by atoms with E-state index in [2.05, 4.69) is 5.10 Å². The molecule has 0 fully saturated rings. The standard InChI is InChI=1S/C10H8ClF3N4S/c1-17-9(19)18(8(16-17)10(12,13)14)7-3-2-5(15)4-6(7)11/h2-4H,15H2,1H3. The molecule has 1 aromatic heterocycles. The second-order valence-corrected chi connectivity index (χ2v) is 4.55. The van der Waals surface area contributed by atoms with Crippen LogP contribution in [0.2, 0.25) is 5.02 Å². The van der Waals surface area contributed by atoms with E-state index in [0.717, 1.165) is 9.25 Å². The summed E-state index contributed by atoms with van der Waals surface area (Å²) < 4.78 is 40.4. The van der Waals surface area contributed by atoms with Crippen LogP contribution in [0.4, 0.5) is 18.9 Å². The average molecular weight is 309 g/mol. The molecule has 2 aromatic rings. The maximum absolute atomic E-state index is 12.9. The Kier molecular flexibility index (Phi) is 3.31. The van der Waals surface area contributed by atoms with E-state index in [1.807, 2.05) is 0 Å². The van der Waals surface area contributed by atoms with Gasteiger partial charge in [0.25, 0.3) is 0 Å². The monoisotopic (exact) mass is 308 g/mol. The van der Waals surface area contributed by atoms with Gasteiger partial charge in [0.05, 0.1) is 10.7 Å². The third-order valence-corrected chi connectivity index (χ3v) is 3.14. The Balaban J connectivity index is 2.78. The first-order valence-electron chi connectivity index (χ1n) is 5.00. The van der Waals surface area contributed by atoms with Gasteiger partial charge in [-0.05, 0) is 30.4 Å². The first-order chi connectivity index (χ1) is 8.71. The van der Waals surface area contributed by atoms with Gasteiger partial charge < -0.3 is 5.73 Å². The third-order valence-electron chi connectivity index (χ3n) is 2.39. The Labute approximate surface area is 116 Å². The van der Waals surface area contributed by atoms with Crippen LogP contribution in [-0.2, 0) is 13.2 Å². The van der Waals surface area contributed by atoms with Crippen LogP contribution in [0.15, 0.2) is 18.2 Å². The van der Waals surface area contributed by atoms with Gasteiger partial charge in [0.15, 0.2) is 0 Å². The molecule has 2 rings (SSSR count). The predicted molar refractivity (Wildman–Crippen MR) is 67.8 cm³/mol. The molecule has 0 radical (unpaired) electrons. The van der Waals surface area contributed by atoms with Crippen LogP contribution >= 0.6 is 23.8 Å². The van der Waals surface area contributed by atoms with Crippen LogP contribution in [0.25, 0.3) is 5.69 Å². The molecular formula is C10H8ClF3N4S. The quantitative estimate of drug-likeness (QED) is 0.650. The van der Waals surface area contributed by atoms with Crippen molar-refractivity contribution in [1.82, 2.24) is 14.3 Å². The predicted octanol–water partition coefficient (Wildman–Crippen LogP) is 3.19. The molecule has 102 valence electrons. The molecule has 2 N–H and O–H groups in total. The molecule has 1 heterocycles. The maximum Gasteiger partial charge on any atom is 0.452 e. The highest BCUT2D eigenvalue weighted by molar-refractivity contribution is 7.71. The van der Waals surface area contributed by atoms with Gasteiger partial charge >= 0.3 is 6.18 Å². The average Bonchev–Trinajstić information content (AvgIpc) is 2.56. The van der Waals surface area contributed by atoms with E-state index in [1.54, 1.807) is 0 Å². The van der Waals surface area contributed by atoms with E-state index in [0.29, 0.717) is 5.69 Å². The van der Waals surface area contributed by atoms with E-state index < -0.39 is 12.0 Å². The number of aryl methyl sites for hydroxylation is 1. The van der Waals surface area contributed by atoms with E-state index in [1.165, 1.54) is 25.2 Å². The topological polar surface area (TPSA) is 48.8 Å². The minimum Gasteiger partial charge on any atom is -0.399 e. The summed E-state index contributed by atoms with van der Waals surface area (Å²) in [6.45, 7) is 0. The lowest BCUT2D eigenvalue weighted by Crippen LogP contribution is -2.14. The summed E-state index contributed by atoms with van der Waals surface area (Å²) in [7, 11) is 1.33. The fourth-order valence-electron chi connectivity index (χ4n) is 1.57. The van der Waals surface area contributed by atoms with Crippen molar-refractivity contribution < 1.29 is 13.2 Å². The Hall–Kier alpha value is -1.54. The number of aromatic nitrogens is 3. The normalized spacial score (nSPS) is 11.8. The molecule has 0 amide bonds. The Bertz CT molecular complexity index is 689. The zero-order valence-corrected chi connectivity index (χ0v) is 11.1. The highest BCUT2D eigenvalue weighted by Crippen LogP contribution is 2.32. The molecule has 0 aliphatic rings. The van der Waals surface area contributed by atoms with Crippen LogP contribution in [0.1, 0.15) is 5.82 Å². The molecular weight excluding hydrogens is 301 g/mol. The maximum atomic E-state index is 12.9. The molecule has 0 spiro atoms. The lowest BCUT2D eigenvalue weighted by atomic mass is 10.3. The molecule has 0 unspecified atom stereocenters. The molecule has 9 heteroatoms. The molecule has 0 saturated carbocycles. The van der Waals surface area contributed by atoms with Crippen molar-refractivity contribution >= 4 is 29.5 Å². The van der Waals surface area contributed by atoms with Gasteiger partial charge in [-0.1, -0.05) is 11.6 Å². The number of anilines is 1. The van der Waals surface area contributed by atoms with Crippen molar-refractivity contribution in [2.24, 2.45) is 7.05 Å². The zero-order valence-electron chi connectivity index (χ0n) is 9.57. The van der Waals surface area contributed by atoms with Crippen molar-refractivity contribution in [2.45, 2.75) is 6.18 Å². The first kappa shape index (κ1) is 13.9. The second kappa shape index (κ2) is 4.53. The molecule has 19 heavy (non-hydrogen) atoms. The summed E-state index contributed by atoms with van der Waals surface area (Å²) in [5.74, 6) is -1.13. The summed E-state index contributed by atoms with van der Waals surface area (Å²) in [4.78, 5) is 0. The van der Waals surface area contributed by atoms with E-state index in [-0.39, 0.29) is 15.5 Å². The number of nitrogens with two attached hydrogens (primary N) is 1. The summed E-state index contributed by atoms with van der Waals surface area (Å²) >= 11 is 10.8. The van der Waals surface area contributed by atoms with Gasteiger partial charge in [0.2, 0.25) is 10.6 Å². The van der Waals surface area contributed by atoms with Crippen molar-refractivity contribution in [3.8, 4) is 5.69 Å². The summed E-state index contributed by atoms with van der Waals surface area (Å²) in [5.41, 5.74) is 5.94.